The lowest BCUT2D eigenvalue weighted by Gasteiger charge is -2.15. The van der Waals surface area contributed by atoms with E-state index in [4.69, 9.17) is 20.9 Å². The molecular formula is C17H16ClN5O3. The SMILES string of the molecule is Cc1ccc(-c2noc(COC(=O)CN(C)c3ccc(Cl)nn3)n2)cc1. The topological polar surface area (TPSA) is 94.2 Å². The Labute approximate surface area is 154 Å². The second kappa shape index (κ2) is 7.92. The Balaban J connectivity index is 1.53. The molecule has 8 nitrogen and oxygen atoms in total. The number of esters is 1. The van der Waals surface area contributed by atoms with Crippen LogP contribution in [0.5, 0.6) is 0 Å². The van der Waals surface area contributed by atoms with Crippen molar-refractivity contribution in [3.63, 3.8) is 0 Å². The number of aromatic nitrogens is 4. The van der Waals surface area contributed by atoms with Crippen LogP contribution in [0.25, 0.3) is 11.4 Å². The minimum Gasteiger partial charge on any atom is -0.454 e. The molecule has 0 spiro atoms. The molecular weight excluding hydrogens is 358 g/mol. The van der Waals surface area contributed by atoms with Crippen molar-refractivity contribution in [2.75, 3.05) is 18.5 Å². The van der Waals surface area contributed by atoms with Crippen LogP contribution >= 0.6 is 11.6 Å². The maximum atomic E-state index is 12.0. The van der Waals surface area contributed by atoms with Crippen molar-refractivity contribution < 1.29 is 14.1 Å². The van der Waals surface area contributed by atoms with Crippen LogP contribution in [0.2, 0.25) is 5.15 Å². The highest BCUT2D eigenvalue weighted by atomic mass is 35.5. The van der Waals surface area contributed by atoms with E-state index in [1.165, 1.54) is 0 Å². The summed E-state index contributed by atoms with van der Waals surface area (Å²) in [6, 6.07) is 11.0. The molecule has 134 valence electrons. The Morgan fingerprint density at radius 1 is 1.19 bits per heavy atom. The first kappa shape index (κ1) is 17.8. The van der Waals surface area contributed by atoms with Gasteiger partial charge in [-0.1, -0.05) is 46.6 Å². The number of hydrogen-bond donors (Lipinski definition) is 0. The summed E-state index contributed by atoms with van der Waals surface area (Å²) in [5.41, 5.74) is 1.97. The van der Waals surface area contributed by atoms with Gasteiger partial charge in [0.25, 0.3) is 5.89 Å². The first-order valence-electron chi connectivity index (χ1n) is 7.77. The molecule has 0 N–H and O–H groups in total. The van der Waals surface area contributed by atoms with Gasteiger partial charge in [-0.25, -0.2) is 0 Å². The van der Waals surface area contributed by atoms with Crippen LogP contribution in [0.4, 0.5) is 5.82 Å². The molecule has 3 rings (SSSR count). The van der Waals surface area contributed by atoms with Crippen LogP contribution in [0.15, 0.2) is 40.9 Å². The number of anilines is 1. The summed E-state index contributed by atoms with van der Waals surface area (Å²) in [6.45, 7) is 1.89. The molecule has 0 amide bonds. The van der Waals surface area contributed by atoms with Gasteiger partial charge in [0.2, 0.25) is 5.82 Å². The van der Waals surface area contributed by atoms with E-state index in [0.717, 1.165) is 11.1 Å². The van der Waals surface area contributed by atoms with Gasteiger partial charge in [0.1, 0.15) is 6.54 Å². The van der Waals surface area contributed by atoms with Crippen molar-refractivity contribution in [1.29, 1.82) is 0 Å². The summed E-state index contributed by atoms with van der Waals surface area (Å²) in [7, 11) is 1.70. The molecule has 9 heteroatoms. The van der Waals surface area contributed by atoms with Crippen LogP contribution in [0.1, 0.15) is 11.5 Å². The van der Waals surface area contributed by atoms with E-state index in [0.29, 0.717) is 11.6 Å². The molecule has 0 aliphatic rings. The average Bonchev–Trinajstić information content (AvgIpc) is 3.10. The fourth-order valence-corrected chi connectivity index (χ4v) is 2.21. The van der Waals surface area contributed by atoms with Crippen molar-refractivity contribution in [2.45, 2.75) is 13.5 Å². The Morgan fingerprint density at radius 2 is 1.96 bits per heavy atom. The zero-order valence-corrected chi connectivity index (χ0v) is 15.0. The average molecular weight is 374 g/mol. The Bertz CT molecular complexity index is 880. The smallest absolute Gasteiger partial charge is 0.326 e. The van der Waals surface area contributed by atoms with Crippen molar-refractivity contribution in [1.82, 2.24) is 20.3 Å². The molecule has 1 aromatic carbocycles. The number of carbonyl (C=O) groups is 1. The van der Waals surface area contributed by atoms with Gasteiger partial charge in [-0.05, 0) is 19.1 Å². The number of rotatable bonds is 6. The maximum absolute atomic E-state index is 12.0. The van der Waals surface area contributed by atoms with E-state index >= 15 is 0 Å². The van der Waals surface area contributed by atoms with Crippen LogP contribution in [-0.4, -0.2) is 39.9 Å². The van der Waals surface area contributed by atoms with Crippen LogP contribution in [-0.2, 0) is 16.1 Å². The fraction of sp³-hybridized carbons (Fsp3) is 0.235. The van der Waals surface area contributed by atoms with E-state index in [1.807, 2.05) is 31.2 Å². The normalized spacial score (nSPS) is 10.6. The zero-order chi connectivity index (χ0) is 18.5. The van der Waals surface area contributed by atoms with Crippen molar-refractivity contribution >= 4 is 23.4 Å². The minimum absolute atomic E-state index is 0.00469. The highest BCUT2D eigenvalue weighted by Crippen LogP contribution is 2.16. The zero-order valence-electron chi connectivity index (χ0n) is 14.2. The molecule has 0 bridgehead atoms. The third-order valence-corrected chi connectivity index (χ3v) is 3.71. The highest BCUT2D eigenvalue weighted by Gasteiger charge is 2.14. The summed E-state index contributed by atoms with van der Waals surface area (Å²) in [6.07, 6.45) is 0. The number of carbonyl (C=O) groups excluding carboxylic acids is 1. The highest BCUT2D eigenvalue weighted by molar-refractivity contribution is 6.29. The molecule has 0 fully saturated rings. The van der Waals surface area contributed by atoms with Gasteiger partial charge >= 0.3 is 5.97 Å². The van der Waals surface area contributed by atoms with Crippen molar-refractivity contribution in [2.24, 2.45) is 0 Å². The molecule has 0 aliphatic heterocycles. The molecule has 0 unspecified atom stereocenters. The van der Waals surface area contributed by atoms with Crippen LogP contribution in [0, 0.1) is 6.92 Å². The Hall–Kier alpha value is -3.00. The number of ether oxygens (including phenoxy) is 1. The van der Waals surface area contributed by atoms with E-state index in [-0.39, 0.29) is 24.2 Å². The Morgan fingerprint density at radius 3 is 2.65 bits per heavy atom. The van der Waals surface area contributed by atoms with Gasteiger partial charge in [0.15, 0.2) is 17.6 Å². The maximum Gasteiger partial charge on any atom is 0.326 e. The first-order chi connectivity index (χ1) is 12.5. The van der Waals surface area contributed by atoms with Crippen molar-refractivity contribution in [3.8, 4) is 11.4 Å². The van der Waals surface area contributed by atoms with E-state index in [1.54, 1.807) is 24.1 Å². The summed E-state index contributed by atoms with van der Waals surface area (Å²) < 4.78 is 10.3. The summed E-state index contributed by atoms with van der Waals surface area (Å²) in [5, 5.41) is 11.8. The number of halogens is 1. The van der Waals surface area contributed by atoms with Gasteiger partial charge in [0.05, 0.1) is 0 Å². The second-order valence-corrected chi connectivity index (χ2v) is 6.00. The molecule has 0 atom stereocenters. The van der Waals surface area contributed by atoms with Crippen molar-refractivity contribution in [3.05, 3.63) is 53.0 Å². The Kier molecular flexibility index (Phi) is 5.43. The molecule has 0 saturated heterocycles. The van der Waals surface area contributed by atoms with E-state index in [9.17, 15) is 4.79 Å². The summed E-state index contributed by atoms with van der Waals surface area (Å²) in [4.78, 5) is 17.8. The first-order valence-corrected chi connectivity index (χ1v) is 8.14. The summed E-state index contributed by atoms with van der Waals surface area (Å²) in [5.74, 6) is 0.720. The molecule has 26 heavy (non-hydrogen) atoms. The summed E-state index contributed by atoms with van der Waals surface area (Å²) >= 11 is 5.69. The van der Waals surface area contributed by atoms with Gasteiger partial charge < -0.3 is 14.2 Å². The van der Waals surface area contributed by atoms with E-state index in [2.05, 4.69) is 20.3 Å². The number of likely N-dealkylation sites (N-methyl/N-ethyl adjacent to an activating group) is 1. The number of benzene rings is 1. The van der Waals surface area contributed by atoms with Gasteiger partial charge in [-0.2, -0.15) is 4.98 Å². The molecule has 0 saturated carbocycles. The monoisotopic (exact) mass is 373 g/mol. The van der Waals surface area contributed by atoms with Gasteiger partial charge in [-0.15, -0.1) is 10.2 Å². The molecule has 0 radical (unpaired) electrons. The number of aryl methyl sites for hydroxylation is 1. The largest absolute Gasteiger partial charge is 0.454 e. The fourth-order valence-electron chi connectivity index (χ4n) is 2.11. The minimum atomic E-state index is -0.459. The lowest BCUT2D eigenvalue weighted by Crippen LogP contribution is -2.27. The standard InChI is InChI=1S/C17H16ClN5O3/c1-11-3-5-12(6-4-11)17-19-15(26-22-17)10-25-16(24)9-23(2)14-8-7-13(18)20-21-14/h3-8H,9-10H2,1-2H3. The lowest BCUT2D eigenvalue weighted by molar-refractivity contribution is -0.144. The van der Waals surface area contributed by atoms with E-state index < -0.39 is 5.97 Å². The van der Waals surface area contributed by atoms with Gasteiger partial charge in [0, 0.05) is 12.6 Å². The van der Waals surface area contributed by atoms with Crippen LogP contribution < -0.4 is 4.90 Å². The molecule has 2 heterocycles. The molecule has 3 aromatic rings. The molecule has 0 aliphatic carbocycles. The second-order valence-electron chi connectivity index (χ2n) is 5.61. The lowest BCUT2D eigenvalue weighted by atomic mass is 10.1. The molecule has 2 aromatic heterocycles. The number of hydrogen-bond acceptors (Lipinski definition) is 8. The third kappa shape index (κ3) is 4.54. The quantitative estimate of drug-likeness (QED) is 0.608. The van der Waals surface area contributed by atoms with Crippen LogP contribution in [0.3, 0.4) is 0 Å². The number of nitrogens with zero attached hydrogens (tertiary/aromatic N) is 5. The predicted octanol–water partition coefficient (Wildman–Crippen LogP) is 2.67. The third-order valence-electron chi connectivity index (χ3n) is 3.51. The van der Waals surface area contributed by atoms with Gasteiger partial charge in [-0.3, -0.25) is 4.79 Å². The predicted molar refractivity (Wildman–Crippen MR) is 94.6 cm³/mol.